The summed E-state index contributed by atoms with van der Waals surface area (Å²) in [4.78, 5) is 2.08. The highest BCUT2D eigenvalue weighted by atomic mass is 19.1. The van der Waals surface area contributed by atoms with Gasteiger partial charge in [-0.15, -0.1) is 0 Å². The molecule has 0 unspecified atom stereocenters. The number of anilines is 1. The Hall–Kier alpha value is -1.09. The molecule has 17 heavy (non-hydrogen) atoms. The van der Waals surface area contributed by atoms with Crippen LogP contribution < -0.4 is 4.90 Å². The average molecular weight is 237 g/mol. The molecule has 1 aromatic rings. The Morgan fingerprint density at radius 1 is 1.29 bits per heavy atom. The van der Waals surface area contributed by atoms with E-state index in [4.69, 9.17) is 4.74 Å². The molecule has 2 atom stereocenters. The minimum absolute atomic E-state index is 0.120. The predicted molar refractivity (Wildman–Crippen MR) is 68.0 cm³/mol. The fourth-order valence-electron chi connectivity index (χ4n) is 2.40. The molecule has 2 nitrogen and oxygen atoms in total. The molecule has 0 saturated carbocycles. The minimum atomic E-state index is -0.120. The Morgan fingerprint density at radius 2 is 1.94 bits per heavy atom. The molecule has 1 aliphatic rings. The number of aryl methyl sites for hydroxylation is 1. The zero-order chi connectivity index (χ0) is 12.4. The molecule has 0 N–H and O–H groups in total. The lowest BCUT2D eigenvalue weighted by molar-refractivity contribution is -0.00539. The third-order valence-electron chi connectivity index (χ3n) is 3.18. The van der Waals surface area contributed by atoms with Crippen LogP contribution in [0.5, 0.6) is 0 Å². The summed E-state index contributed by atoms with van der Waals surface area (Å²) in [5, 5.41) is 0. The van der Waals surface area contributed by atoms with E-state index in [2.05, 4.69) is 4.90 Å². The summed E-state index contributed by atoms with van der Waals surface area (Å²) in [6.45, 7) is 7.61. The lowest BCUT2D eigenvalue weighted by atomic mass is 10.1. The maximum Gasteiger partial charge on any atom is 0.146 e. The molecule has 94 valence electrons. The quantitative estimate of drug-likeness (QED) is 0.784. The second-order valence-corrected chi connectivity index (χ2v) is 4.80. The second-order valence-electron chi connectivity index (χ2n) is 4.80. The number of ether oxygens (including phenoxy) is 1. The molecule has 0 aromatic heterocycles. The molecule has 0 amide bonds. The van der Waals surface area contributed by atoms with Crippen LogP contribution in [0.15, 0.2) is 18.2 Å². The zero-order valence-electron chi connectivity index (χ0n) is 10.7. The number of rotatable bonds is 2. The van der Waals surface area contributed by atoms with E-state index in [0.29, 0.717) is 5.69 Å². The minimum Gasteiger partial charge on any atom is -0.372 e. The lowest BCUT2D eigenvalue weighted by Gasteiger charge is -2.37. The highest BCUT2D eigenvalue weighted by Gasteiger charge is 2.24. The molecule has 3 heteroatoms. The van der Waals surface area contributed by atoms with Crippen molar-refractivity contribution in [3.05, 3.63) is 29.6 Å². The van der Waals surface area contributed by atoms with E-state index in [0.717, 1.165) is 25.1 Å². The van der Waals surface area contributed by atoms with Gasteiger partial charge in [-0.05, 0) is 38.0 Å². The van der Waals surface area contributed by atoms with Gasteiger partial charge >= 0.3 is 0 Å². The highest BCUT2D eigenvalue weighted by Crippen LogP contribution is 2.24. The third kappa shape index (κ3) is 2.78. The Labute approximate surface area is 102 Å². The number of nitrogens with zero attached hydrogens (tertiary/aromatic N) is 1. The molecule has 0 radical (unpaired) electrons. The van der Waals surface area contributed by atoms with Crippen LogP contribution in [0.2, 0.25) is 0 Å². The fourth-order valence-corrected chi connectivity index (χ4v) is 2.40. The van der Waals surface area contributed by atoms with Gasteiger partial charge < -0.3 is 9.64 Å². The summed E-state index contributed by atoms with van der Waals surface area (Å²) in [7, 11) is 0. The van der Waals surface area contributed by atoms with Gasteiger partial charge in [-0.3, -0.25) is 0 Å². The van der Waals surface area contributed by atoms with Crippen LogP contribution >= 0.6 is 0 Å². The van der Waals surface area contributed by atoms with Gasteiger partial charge in [-0.25, -0.2) is 4.39 Å². The van der Waals surface area contributed by atoms with E-state index in [9.17, 15) is 4.39 Å². The molecular formula is C14H20FNO. The average Bonchev–Trinajstić information content (AvgIpc) is 2.27. The topological polar surface area (TPSA) is 12.5 Å². The van der Waals surface area contributed by atoms with Crippen molar-refractivity contribution >= 4 is 5.69 Å². The van der Waals surface area contributed by atoms with Crippen molar-refractivity contribution in [2.24, 2.45) is 0 Å². The standard InChI is InChI=1S/C14H20FNO/c1-4-12-5-6-14(13(15)7-12)16-8-10(2)17-11(3)9-16/h5-7,10-11H,4,8-9H2,1-3H3/t10-,11+. The van der Waals surface area contributed by atoms with Crippen LogP contribution in [-0.4, -0.2) is 25.3 Å². The van der Waals surface area contributed by atoms with Crippen molar-refractivity contribution in [1.82, 2.24) is 0 Å². The number of morpholine rings is 1. The molecule has 1 aromatic carbocycles. The normalized spacial score (nSPS) is 25.1. The van der Waals surface area contributed by atoms with Gasteiger partial charge in [0.2, 0.25) is 0 Å². The van der Waals surface area contributed by atoms with E-state index < -0.39 is 0 Å². The van der Waals surface area contributed by atoms with Crippen LogP contribution in [0, 0.1) is 5.82 Å². The molecule has 1 aliphatic heterocycles. The summed E-state index contributed by atoms with van der Waals surface area (Å²) in [5.41, 5.74) is 1.74. The van der Waals surface area contributed by atoms with Crippen molar-refractivity contribution in [1.29, 1.82) is 0 Å². The van der Waals surface area contributed by atoms with Gasteiger partial charge in [0.1, 0.15) is 5.82 Å². The smallest absolute Gasteiger partial charge is 0.146 e. The van der Waals surface area contributed by atoms with Gasteiger partial charge in [0.15, 0.2) is 0 Å². The molecule has 0 bridgehead atoms. The van der Waals surface area contributed by atoms with Crippen molar-refractivity contribution in [2.75, 3.05) is 18.0 Å². The first-order chi connectivity index (χ1) is 8.10. The van der Waals surface area contributed by atoms with E-state index in [1.165, 1.54) is 0 Å². The number of halogens is 1. The summed E-state index contributed by atoms with van der Waals surface area (Å²) >= 11 is 0. The molecule has 1 saturated heterocycles. The zero-order valence-corrected chi connectivity index (χ0v) is 10.7. The summed E-state index contributed by atoms with van der Waals surface area (Å²) < 4.78 is 19.7. The van der Waals surface area contributed by atoms with E-state index >= 15 is 0 Å². The lowest BCUT2D eigenvalue weighted by Crippen LogP contribution is -2.45. The van der Waals surface area contributed by atoms with Crippen LogP contribution in [0.1, 0.15) is 26.3 Å². The number of hydrogen-bond donors (Lipinski definition) is 0. The summed E-state index contributed by atoms with van der Waals surface area (Å²) in [6, 6.07) is 5.53. The second kappa shape index (κ2) is 5.05. The first-order valence-electron chi connectivity index (χ1n) is 6.29. The van der Waals surface area contributed by atoms with Gasteiger partial charge in [0.05, 0.1) is 17.9 Å². The van der Waals surface area contributed by atoms with E-state index in [1.807, 2.05) is 32.9 Å². The molecule has 0 aliphatic carbocycles. The number of benzene rings is 1. The molecule has 1 heterocycles. The van der Waals surface area contributed by atoms with Gasteiger partial charge in [-0.1, -0.05) is 13.0 Å². The third-order valence-corrected chi connectivity index (χ3v) is 3.18. The van der Waals surface area contributed by atoms with Crippen molar-refractivity contribution in [2.45, 2.75) is 39.4 Å². The predicted octanol–water partition coefficient (Wildman–Crippen LogP) is 3.00. The Morgan fingerprint density at radius 3 is 2.47 bits per heavy atom. The fraction of sp³-hybridized carbons (Fsp3) is 0.571. The summed E-state index contributed by atoms with van der Waals surface area (Å²) in [5.74, 6) is -0.120. The summed E-state index contributed by atoms with van der Waals surface area (Å²) in [6.07, 6.45) is 1.18. The first kappa shape index (κ1) is 12.4. The van der Waals surface area contributed by atoms with Crippen LogP contribution in [0.4, 0.5) is 10.1 Å². The maximum absolute atomic E-state index is 14.0. The van der Waals surface area contributed by atoms with Gasteiger partial charge in [0, 0.05) is 13.1 Å². The van der Waals surface area contributed by atoms with E-state index in [-0.39, 0.29) is 18.0 Å². The SMILES string of the molecule is CCc1ccc(N2C[C@@H](C)O[C@@H](C)C2)c(F)c1. The van der Waals surface area contributed by atoms with Gasteiger partial charge in [-0.2, -0.15) is 0 Å². The molecular weight excluding hydrogens is 217 g/mol. The van der Waals surface area contributed by atoms with Crippen LogP contribution in [-0.2, 0) is 11.2 Å². The van der Waals surface area contributed by atoms with Crippen LogP contribution in [0.3, 0.4) is 0 Å². The molecule has 1 fully saturated rings. The Bertz CT molecular complexity index is 384. The molecule has 0 spiro atoms. The van der Waals surface area contributed by atoms with Gasteiger partial charge in [0.25, 0.3) is 0 Å². The van der Waals surface area contributed by atoms with Crippen molar-refractivity contribution in [3.8, 4) is 0 Å². The Kier molecular flexibility index (Phi) is 3.67. The maximum atomic E-state index is 14.0. The first-order valence-corrected chi connectivity index (χ1v) is 6.29. The van der Waals surface area contributed by atoms with Crippen molar-refractivity contribution in [3.63, 3.8) is 0 Å². The largest absolute Gasteiger partial charge is 0.372 e. The Balaban J connectivity index is 2.21. The monoisotopic (exact) mass is 237 g/mol. The number of hydrogen-bond acceptors (Lipinski definition) is 2. The molecule has 2 rings (SSSR count). The van der Waals surface area contributed by atoms with Crippen molar-refractivity contribution < 1.29 is 9.13 Å². The van der Waals surface area contributed by atoms with Crippen LogP contribution in [0.25, 0.3) is 0 Å². The highest BCUT2D eigenvalue weighted by molar-refractivity contribution is 5.49. The van der Waals surface area contributed by atoms with E-state index in [1.54, 1.807) is 6.07 Å².